The molecule has 2 aromatic rings. The minimum Gasteiger partial charge on any atom is -0.480 e. The maximum atomic E-state index is 12.0. The van der Waals surface area contributed by atoms with Gasteiger partial charge in [0.25, 0.3) is 0 Å². The van der Waals surface area contributed by atoms with Crippen LogP contribution in [0.15, 0.2) is 48.5 Å². The number of amides is 1. The molecule has 2 atom stereocenters. The summed E-state index contributed by atoms with van der Waals surface area (Å²) in [5.74, 6) is -2.10. The highest BCUT2D eigenvalue weighted by Crippen LogP contribution is 2.32. The van der Waals surface area contributed by atoms with Gasteiger partial charge in [0.05, 0.1) is 12.3 Å². The van der Waals surface area contributed by atoms with Crippen LogP contribution in [0.4, 0.5) is 0 Å². The highest BCUT2D eigenvalue weighted by Gasteiger charge is 2.38. The van der Waals surface area contributed by atoms with Crippen LogP contribution < -0.4 is 10.0 Å². The van der Waals surface area contributed by atoms with Crippen molar-refractivity contribution in [3.63, 3.8) is 0 Å². The fourth-order valence-corrected chi connectivity index (χ4v) is 3.55. The van der Waals surface area contributed by atoms with Crippen molar-refractivity contribution in [2.24, 2.45) is 0 Å². The maximum Gasteiger partial charge on any atom is 0.328 e. The first kappa shape index (κ1) is 21.9. The van der Waals surface area contributed by atoms with Gasteiger partial charge in [-0.05, 0) is 31.0 Å². The molecule has 0 radical (unpaired) electrons. The van der Waals surface area contributed by atoms with E-state index in [2.05, 4.69) is 5.32 Å². The molecule has 3 N–H and O–H groups in total. The smallest absolute Gasteiger partial charge is 0.328 e. The Morgan fingerprint density at radius 3 is 2.25 bits per heavy atom. The number of carboxylic acids is 1. The normalized spacial score (nSPS) is 14.7. The van der Waals surface area contributed by atoms with Gasteiger partial charge in [-0.1, -0.05) is 54.1 Å². The molecule has 0 aliphatic carbocycles. The van der Waals surface area contributed by atoms with Gasteiger partial charge in [-0.3, -0.25) is 14.8 Å². The fraction of sp³-hybridized carbons (Fsp3) is 0.263. The third kappa shape index (κ3) is 5.09. The first-order valence-corrected chi connectivity index (χ1v) is 10.6. The zero-order valence-corrected chi connectivity index (χ0v) is 17.1. The second-order valence-corrected chi connectivity index (χ2v) is 8.75. The van der Waals surface area contributed by atoms with Crippen LogP contribution in [-0.2, 0) is 25.2 Å². The summed E-state index contributed by atoms with van der Waals surface area (Å²) >= 11 is 6.38. The second-order valence-electron chi connectivity index (χ2n) is 6.60. The van der Waals surface area contributed by atoms with Crippen LogP contribution in [0, 0.1) is 0 Å². The number of benzene rings is 2. The Kier molecular flexibility index (Phi) is 6.48. The highest BCUT2D eigenvalue weighted by molar-refractivity contribution is 7.89. The van der Waals surface area contributed by atoms with Crippen molar-refractivity contribution >= 4 is 33.5 Å². The van der Waals surface area contributed by atoms with Crippen LogP contribution in [0.1, 0.15) is 19.4 Å². The first-order chi connectivity index (χ1) is 12.9. The van der Waals surface area contributed by atoms with E-state index in [-0.39, 0.29) is 0 Å². The van der Waals surface area contributed by atoms with Gasteiger partial charge in [-0.2, -0.15) is 0 Å². The standard InChI is InChI=1S/C19H21ClN2O5S/c1-12(17(23)22-28(3,26)27)21-19(2,18(24)25)14-9-10-15(16(20)11-14)13-7-5-4-6-8-13/h4-12,21H,1-3H3,(H,22,23)(H,24,25)/t12-,19?/m0/s1. The zero-order valence-electron chi connectivity index (χ0n) is 15.6. The molecule has 0 aliphatic rings. The van der Waals surface area contributed by atoms with Gasteiger partial charge in [0.15, 0.2) is 0 Å². The average molecular weight is 425 g/mol. The largest absolute Gasteiger partial charge is 0.480 e. The molecule has 0 spiro atoms. The van der Waals surface area contributed by atoms with Crippen LogP contribution in [0.3, 0.4) is 0 Å². The van der Waals surface area contributed by atoms with E-state index in [1.54, 1.807) is 12.1 Å². The number of rotatable bonds is 7. The Hall–Kier alpha value is -2.42. The Morgan fingerprint density at radius 1 is 1.14 bits per heavy atom. The highest BCUT2D eigenvalue weighted by atomic mass is 35.5. The molecule has 2 aromatic carbocycles. The first-order valence-electron chi connectivity index (χ1n) is 8.32. The van der Waals surface area contributed by atoms with Gasteiger partial charge in [0.1, 0.15) is 5.54 Å². The van der Waals surface area contributed by atoms with E-state index in [9.17, 15) is 23.1 Å². The third-order valence-electron chi connectivity index (χ3n) is 4.24. The van der Waals surface area contributed by atoms with E-state index < -0.39 is 33.5 Å². The number of aliphatic carboxylic acids is 1. The van der Waals surface area contributed by atoms with Crippen molar-refractivity contribution in [2.45, 2.75) is 25.4 Å². The molecule has 0 aliphatic heterocycles. The number of sulfonamides is 1. The van der Waals surface area contributed by atoms with Crippen LogP contribution in [0.5, 0.6) is 0 Å². The quantitative estimate of drug-likeness (QED) is 0.629. The van der Waals surface area contributed by atoms with Crippen LogP contribution in [0.25, 0.3) is 11.1 Å². The van der Waals surface area contributed by atoms with Gasteiger partial charge in [0, 0.05) is 10.6 Å². The lowest BCUT2D eigenvalue weighted by atomic mass is 9.89. The Morgan fingerprint density at radius 2 is 1.75 bits per heavy atom. The Labute approximate surface area is 168 Å². The fourth-order valence-electron chi connectivity index (χ4n) is 2.72. The number of nitrogens with one attached hydrogen (secondary N) is 2. The molecule has 0 fully saturated rings. The molecule has 2 rings (SSSR count). The van der Waals surface area contributed by atoms with E-state index in [4.69, 9.17) is 11.6 Å². The lowest BCUT2D eigenvalue weighted by Gasteiger charge is -2.30. The molecule has 28 heavy (non-hydrogen) atoms. The summed E-state index contributed by atoms with van der Waals surface area (Å²) in [5, 5.41) is 12.8. The van der Waals surface area contributed by atoms with Crippen molar-refractivity contribution in [2.75, 3.05) is 6.26 Å². The predicted octanol–water partition coefficient (Wildman–Crippen LogP) is 2.36. The van der Waals surface area contributed by atoms with Gasteiger partial charge >= 0.3 is 5.97 Å². The number of halogens is 1. The lowest BCUT2D eigenvalue weighted by molar-refractivity contribution is -0.145. The zero-order chi connectivity index (χ0) is 21.1. The van der Waals surface area contributed by atoms with E-state index in [1.165, 1.54) is 19.9 Å². The minimum atomic E-state index is -3.76. The monoisotopic (exact) mass is 424 g/mol. The molecule has 0 bridgehead atoms. The van der Waals surface area contributed by atoms with Crippen molar-refractivity contribution in [3.05, 3.63) is 59.1 Å². The second kappa shape index (κ2) is 8.30. The molecule has 0 saturated heterocycles. The SMILES string of the molecule is C[C@H](NC(C)(C(=O)O)c1ccc(-c2ccccc2)c(Cl)c1)C(=O)NS(C)(=O)=O. The van der Waals surface area contributed by atoms with Crippen molar-refractivity contribution in [1.29, 1.82) is 0 Å². The average Bonchev–Trinajstić information content (AvgIpc) is 2.60. The van der Waals surface area contributed by atoms with Crippen LogP contribution in [-0.4, -0.2) is 37.7 Å². The summed E-state index contributed by atoms with van der Waals surface area (Å²) in [4.78, 5) is 24.0. The van der Waals surface area contributed by atoms with Crippen molar-refractivity contribution in [1.82, 2.24) is 10.0 Å². The van der Waals surface area contributed by atoms with Gasteiger partial charge in [0.2, 0.25) is 15.9 Å². The minimum absolute atomic E-state index is 0.323. The molecule has 0 aromatic heterocycles. The summed E-state index contributed by atoms with van der Waals surface area (Å²) in [6.07, 6.45) is 0.843. The number of carbonyl (C=O) groups excluding carboxylic acids is 1. The lowest BCUT2D eigenvalue weighted by Crippen LogP contribution is -2.55. The number of carboxylic acid groups (broad SMARTS) is 1. The number of carbonyl (C=O) groups is 2. The molecule has 0 saturated carbocycles. The molecular weight excluding hydrogens is 404 g/mol. The van der Waals surface area contributed by atoms with E-state index in [0.717, 1.165) is 17.4 Å². The van der Waals surface area contributed by atoms with E-state index in [0.29, 0.717) is 10.6 Å². The predicted molar refractivity (Wildman–Crippen MR) is 107 cm³/mol. The summed E-state index contributed by atoms with van der Waals surface area (Å²) in [7, 11) is -3.76. The van der Waals surface area contributed by atoms with Crippen LogP contribution >= 0.6 is 11.6 Å². The topological polar surface area (TPSA) is 113 Å². The van der Waals surface area contributed by atoms with E-state index in [1.807, 2.05) is 35.1 Å². The van der Waals surface area contributed by atoms with Crippen molar-refractivity contribution in [3.8, 4) is 11.1 Å². The molecule has 7 nitrogen and oxygen atoms in total. The maximum absolute atomic E-state index is 12.0. The van der Waals surface area contributed by atoms with Gasteiger partial charge < -0.3 is 5.11 Å². The van der Waals surface area contributed by atoms with Crippen molar-refractivity contribution < 1.29 is 23.1 Å². The summed E-state index contributed by atoms with van der Waals surface area (Å²) < 4.78 is 24.3. The van der Waals surface area contributed by atoms with Gasteiger partial charge in [-0.15, -0.1) is 0 Å². The van der Waals surface area contributed by atoms with Crippen LogP contribution in [0.2, 0.25) is 5.02 Å². The summed E-state index contributed by atoms with van der Waals surface area (Å²) in [6, 6.07) is 13.1. The Balaban J connectivity index is 2.36. The molecule has 0 heterocycles. The summed E-state index contributed by atoms with van der Waals surface area (Å²) in [6.45, 7) is 2.76. The summed E-state index contributed by atoms with van der Waals surface area (Å²) in [5.41, 5.74) is 0.267. The number of hydrogen-bond donors (Lipinski definition) is 3. The van der Waals surface area contributed by atoms with Gasteiger partial charge in [-0.25, -0.2) is 13.2 Å². The Bertz CT molecular complexity index is 995. The molecule has 150 valence electrons. The molecule has 9 heteroatoms. The molecule has 1 unspecified atom stereocenters. The number of hydrogen-bond acceptors (Lipinski definition) is 5. The third-order valence-corrected chi connectivity index (χ3v) is 5.13. The van der Waals surface area contributed by atoms with E-state index >= 15 is 0 Å². The molecule has 1 amide bonds. The molecular formula is C19H21ClN2O5S.